The lowest BCUT2D eigenvalue weighted by Crippen LogP contribution is -2.37. The van der Waals surface area contributed by atoms with Crippen molar-refractivity contribution in [1.82, 2.24) is 15.1 Å². The van der Waals surface area contributed by atoms with Gasteiger partial charge in [-0.05, 0) is 19.8 Å². The van der Waals surface area contributed by atoms with Gasteiger partial charge in [-0.25, -0.2) is 0 Å². The topological polar surface area (TPSA) is 90.1 Å². The van der Waals surface area contributed by atoms with Gasteiger partial charge in [0.15, 0.2) is 0 Å². The maximum atomic E-state index is 11.9. The zero-order valence-electron chi connectivity index (χ0n) is 10.2. The molecule has 1 N–H and O–H groups in total. The predicted molar refractivity (Wildman–Crippen MR) is 64.0 cm³/mol. The molecule has 0 radical (unpaired) electrons. The van der Waals surface area contributed by atoms with Crippen LogP contribution < -0.4 is 5.32 Å². The van der Waals surface area contributed by atoms with Crippen molar-refractivity contribution in [2.24, 2.45) is 0 Å². The highest BCUT2D eigenvalue weighted by atomic mass is 16.6. The number of rotatable bonds is 4. The van der Waals surface area contributed by atoms with Gasteiger partial charge in [-0.3, -0.25) is 19.6 Å². The van der Waals surface area contributed by atoms with Crippen molar-refractivity contribution in [3.05, 3.63) is 22.5 Å². The Kier molecular flexibility index (Phi) is 3.59. The van der Waals surface area contributed by atoms with E-state index in [-0.39, 0.29) is 17.6 Å². The number of nitrogens with one attached hydrogen (secondary N) is 1. The van der Waals surface area contributed by atoms with Crippen LogP contribution in [-0.2, 0) is 4.79 Å². The van der Waals surface area contributed by atoms with E-state index in [2.05, 4.69) is 10.4 Å². The van der Waals surface area contributed by atoms with Crippen LogP contribution in [0.3, 0.4) is 0 Å². The summed E-state index contributed by atoms with van der Waals surface area (Å²) in [5.74, 6) is -0.139. The van der Waals surface area contributed by atoms with Crippen LogP contribution in [-0.4, -0.2) is 26.7 Å². The first-order valence-corrected chi connectivity index (χ1v) is 6.07. The monoisotopic (exact) mass is 252 g/mol. The van der Waals surface area contributed by atoms with Crippen molar-refractivity contribution in [2.45, 2.75) is 44.7 Å². The van der Waals surface area contributed by atoms with Crippen molar-refractivity contribution in [2.75, 3.05) is 0 Å². The second-order valence-corrected chi connectivity index (χ2v) is 4.60. The van der Waals surface area contributed by atoms with Crippen LogP contribution in [0.1, 0.15) is 38.6 Å². The maximum Gasteiger partial charge on any atom is 0.307 e. The fraction of sp³-hybridized carbons (Fsp3) is 0.636. The van der Waals surface area contributed by atoms with Crippen LogP contribution in [0.2, 0.25) is 0 Å². The van der Waals surface area contributed by atoms with Crippen molar-refractivity contribution in [1.29, 1.82) is 0 Å². The zero-order chi connectivity index (χ0) is 13.1. The summed E-state index contributed by atoms with van der Waals surface area (Å²) in [7, 11) is 0. The third-order valence-electron chi connectivity index (χ3n) is 3.28. The van der Waals surface area contributed by atoms with E-state index in [4.69, 9.17) is 0 Å². The Balaban J connectivity index is 1.98. The van der Waals surface area contributed by atoms with E-state index in [1.165, 1.54) is 10.9 Å². The first-order chi connectivity index (χ1) is 8.58. The molecule has 1 heterocycles. The Labute approximate surface area is 104 Å². The van der Waals surface area contributed by atoms with E-state index in [1.54, 1.807) is 6.92 Å². The first-order valence-electron chi connectivity index (χ1n) is 6.07. The third kappa shape index (κ3) is 2.66. The molecule has 7 heteroatoms. The molecule has 0 aromatic carbocycles. The first kappa shape index (κ1) is 12.5. The molecule has 1 aliphatic rings. The van der Waals surface area contributed by atoms with Crippen LogP contribution in [0.15, 0.2) is 12.4 Å². The summed E-state index contributed by atoms with van der Waals surface area (Å²) in [6, 6.07) is -0.287. The van der Waals surface area contributed by atoms with Gasteiger partial charge in [0.2, 0.25) is 5.91 Å². The molecule has 1 saturated carbocycles. The van der Waals surface area contributed by atoms with Gasteiger partial charge in [0.1, 0.15) is 18.4 Å². The van der Waals surface area contributed by atoms with E-state index < -0.39 is 11.0 Å². The molecule has 1 amide bonds. The second-order valence-electron chi connectivity index (χ2n) is 4.60. The van der Waals surface area contributed by atoms with Gasteiger partial charge in [0.25, 0.3) is 0 Å². The van der Waals surface area contributed by atoms with Crippen LogP contribution >= 0.6 is 0 Å². The van der Waals surface area contributed by atoms with E-state index >= 15 is 0 Å². The second kappa shape index (κ2) is 5.16. The SMILES string of the molecule is CC(C(=O)NC1CCCC1)n1cc([N+](=O)[O-])cn1. The highest BCUT2D eigenvalue weighted by Crippen LogP contribution is 2.19. The molecule has 18 heavy (non-hydrogen) atoms. The van der Waals surface area contributed by atoms with Crippen LogP contribution in [0.5, 0.6) is 0 Å². The average molecular weight is 252 g/mol. The van der Waals surface area contributed by atoms with Crippen LogP contribution in [0, 0.1) is 10.1 Å². The summed E-state index contributed by atoms with van der Waals surface area (Å²) >= 11 is 0. The van der Waals surface area contributed by atoms with E-state index in [0.717, 1.165) is 31.9 Å². The molecule has 1 fully saturated rings. The molecular weight excluding hydrogens is 236 g/mol. The van der Waals surface area contributed by atoms with Crippen LogP contribution in [0.25, 0.3) is 0 Å². The molecular formula is C11H16N4O3. The highest BCUT2D eigenvalue weighted by Gasteiger charge is 2.23. The van der Waals surface area contributed by atoms with Crippen molar-refractivity contribution in [3.8, 4) is 0 Å². The Morgan fingerprint density at radius 3 is 2.83 bits per heavy atom. The molecule has 1 atom stereocenters. The van der Waals surface area contributed by atoms with E-state index in [0.29, 0.717) is 0 Å². The Hall–Kier alpha value is -1.92. The number of nitrogens with zero attached hydrogens (tertiary/aromatic N) is 3. The molecule has 0 spiro atoms. The zero-order valence-corrected chi connectivity index (χ0v) is 10.2. The van der Waals surface area contributed by atoms with Crippen molar-refractivity contribution in [3.63, 3.8) is 0 Å². The number of nitro groups is 1. The fourth-order valence-corrected chi connectivity index (χ4v) is 2.15. The van der Waals surface area contributed by atoms with Gasteiger partial charge in [-0.2, -0.15) is 5.10 Å². The molecule has 1 unspecified atom stereocenters. The predicted octanol–water partition coefficient (Wildman–Crippen LogP) is 1.41. The highest BCUT2D eigenvalue weighted by molar-refractivity contribution is 5.80. The van der Waals surface area contributed by atoms with Gasteiger partial charge in [-0.1, -0.05) is 12.8 Å². The molecule has 1 aliphatic carbocycles. The Morgan fingerprint density at radius 2 is 2.28 bits per heavy atom. The smallest absolute Gasteiger partial charge is 0.307 e. The van der Waals surface area contributed by atoms with Gasteiger partial charge in [0, 0.05) is 6.04 Å². The number of amides is 1. The van der Waals surface area contributed by atoms with Crippen molar-refractivity contribution < 1.29 is 9.72 Å². The normalized spacial score (nSPS) is 17.6. The largest absolute Gasteiger partial charge is 0.352 e. The quantitative estimate of drug-likeness (QED) is 0.648. The van der Waals surface area contributed by atoms with Crippen molar-refractivity contribution >= 4 is 11.6 Å². The molecule has 1 aromatic rings. The summed E-state index contributed by atoms with van der Waals surface area (Å²) in [5.41, 5.74) is -0.101. The molecule has 1 aromatic heterocycles. The lowest BCUT2D eigenvalue weighted by Gasteiger charge is -2.16. The average Bonchev–Trinajstić information content (AvgIpc) is 2.98. The molecule has 7 nitrogen and oxygen atoms in total. The van der Waals surface area contributed by atoms with Gasteiger partial charge >= 0.3 is 5.69 Å². The summed E-state index contributed by atoms with van der Waals surface area (Å²) in [5, 5.41) is 17.3. The number of hydrogen-bond donors (Lipinski definition) is 1. The van der Waals surface area contributed by atoms with E-state index in [1.807, 2.05) is 0 Å². The minimum absolute atomic E-state index is 0.101. The summed E-state index contributed by atoms with van der Waals surface area (Å²) < 4.78 is 1.32. The molecule has 0 saturated heterocycles. The minimum Gasteiger partial charge on any atom is -0.352 e. The van der Waals surface area contributed by atoms with Gasteiger partial charge in [-0.15, -0.1) is 0 Å². The maximum absolute atomic E-state index is 11.9. The summed E-state index contributed by atoms with van der Waals surface area (Å²) in [6.07, 6.45) is 6.74. The van der Waals surface area contributed by atoms with Gasteiger partial charge in [0.05, 0.1) is 4.92 Å². The van der Waals surface area contributed by atoms with Gasteiger partial charge < -0.3 is 5.32 Å². The molecule has 2 rings (SSSR count). The number of hydrogen-bond acceptors (Lipinski definition) is 4. The van der Waals surface area contributed by atoms with E-state index in [9.17, 15) is 14.9 Å². The molecule has 0 bridgehead atoms. The fourth-order valence-electron chi connectivity index (χ4n) is 2.15. The number of aromatic nitrogens is 2. The standard InChI is InChI=1S/C11H16N4O3/c1-8(11(16)13-9-4-2-3-5-9)14-7-10(6-12-14)15(17)18/h6-9H,2-5H2,1H3,(H,13,16). The lowest BCUT2D eigenvalue weighted by molar-refractivity contribution is -0.385. The summed E-state index contributed by atoms with van der Waals surface area (Å²) in [6.45, 7) is 1.68. The molecule has 98 valence electrons. The summed E-state index contributed by atoms with van der Waals surface area (Å²) in [4.78, 5) is 22.0. The Bertz CT molecular complexity index is 451. The van der Waals surface area contributed by atoms with Crippen LogP contribution in [0.4, 0.5) is 5.69 Å². The number of carbonyl (C=O) groups excluding carboxylic acids is 1. The number of carbonyl (C=O) groups is 1. The molecule has 0 aliphatic heterocycles. The third-order valence-corrected chi connectivity index (χ3v) is 3.28. The Morgan fingerprint density at radius 1 is 1.61 bits per heavy atom. The lowest BCUT2D eigenvalue weighted by atomic mass is 10.2. The minimum atomic E-state index is -0.528.